The van der Waals surface area contributed by atoms with Crippen LogP contribution in [-0.2, 0) is 4.74 Å². The number of aromatic nitrogens is 2. The number of fused-ring (bicyclic) bond motifs is 3. The second kappa shape index (κ2) is 32.4. The van der Waals surface area contributed by atoms with Gasteiger partial charge in [-0.3, -0.25) is 19.2 Å². The number of allylic oxidation sites excluding steroid dienone is 1. The number of rotatable bonds is 13. The minimum Gasteiger partial charge on any atom is -0.398 e. The van der Waals surface area contributed by atoms with Gasteiger partial charge in [0, 0.05) is 77.4 Å². The monoisotopic (exact) mass is 1080 g/mol. The number of ether oxygens (including phenoxy) is 1. The van der Waals surface area contributed by atoms with Gasteiger partial charge in [0.15, 0.2) is 11.6 Å². The molecule has 3 heterocycles. The molecule has 11 rings (SSSR count). The number of methoxy groups -OCH3 is 1. The number of nitrogens with one attached hydrogen (secondary N) is 4. The first-order valence-electron chi connectivity index (χ1n) is 27.1. The van der Waals surface area contributed by atoms with E-state index in [1.54, 1.807) is 37.5 Å². The fraction of sp³-hybridized carbons (Fsp3) is 0.171. The largest absolute Gasteiger partial charge is 0.398 e. The van der Waals surface area contributed by atoms with Crippen LogP contribution < -0.4 is 22.1 Å². The number of aromatic amines is 2. The van der Waals surface area contributed by atoms with Crippen molar-refractivity contribution in [3.8, 4) is 0 Å². The molecule has 0 fully saturated rings. The Morgan fingerprint density at radius 1 is 0.593 bits per heavy atom. The molecule has 2 unspecified atom stereocenters. The predicted octanol–water partition coefficient (Wildman–Crippen LogP) is 15.2. The first-order valence-corrected chi connectivity index (χ1v) is 27.1. The summed E-state index contributed by atoms with van der Waals surface area (Å²) in [7, 11) is 1.72. The van der Waals surface area contributed by atoms with Gasteiger partial charge < -0.3 is 36.8 Å². The van der Waals surface area contributed by atoms with Crippen molar-refractivity contribution in [1.29, 1.82) is 0 Å². The van der Waals surface area contributed by atoms with Gasteiger partial charge in [0.2, 0.25) is 0 Å². The van der Waals surface area contributed by atoms with Crippen LogP contribution in [-0.4, -0.2) is 53.2 Å². The van der Waals surface area contributed by atoms with E-state index in [1.165, 1.54) is 21.9 Å². The van der Waals surface area contributed by atoms with Crippen molar-refractivity contribution < 1.29 is 23.9 Å². The van der Waals surface area contributed by atoms with Gasteiger partial charge in [-0.2, -0.15) is 0 Å². The Morgan fingerprint density at radius 3 is 1.77 bits per heavy atom. The van der Waals surface area contributed by atoms with Gasteiger partial charge in [0.1, 0.15) is 0 Å². The van der Waals surface area contributed by atoms with Crippen molar-refractivity contribution in [2.24, 2.45) is 17.6 Å². The van der Waals surface area contributed by atoms with Crippen LogP contribution in [0.5, 0.6) is 0 Å². The quantitative estimate of drug-likeness (QED) is 0.0377. The molecule has 0 radical (unpaired) electrons. The van der Waals surface area contributed by atoms with Crippen LogP contribution in [0.15, 0.2) is 243 Å². The Bertz CT molecular complexity index is 3490. The molecule has 0 bridgehead atoms. The minimum atomic E-state index is -0.488. The van der Waals surface area contributed by atoms with E-state index >= 15 is 0 Å². The second-order valence-corrected chi connectivity index (χ2v) is 19.9. The minimum absolute atomic E-state index is 0.0231. The zero-order chi connectivity index (χ0) is 57.8. The maximum atomic E-state index is 12.8. The van der Waals surface area contributed by atoms with E-state index in [4.69, 9.17) is 16.2 Å². The highest BCUT2D eigenvalue weighted by molar-refractivity contribution is 6.07. The number of anilines is 2. The molecular weight excluding hydrogens is 1000 g/mol. The number of amides is 2. The fourth-order valence-electron chi connectivity index (χ4n) is 8.74. The summed E-state index contributed by atoms with van der Waals surface area (Å²) in [5.41, 5.74) is 20.1. The van der Waals surface area contributed by atoms with E-state index in [0.717, 1.165) is 52.0 Å². The third-order valence-corrected chi connectivity index (χ3v) is 12.7. The molecule has 2 amide bonds. The topological polar surface area (TPSA) is 185 Å². The number of hydrogen-bond acceptors (Lipinski definition) is 7. The number of hydrogen-bond donors (Lipinski definition) is 6. The van der Waals surface area contributed by atoms with Crippen LogP contribution in [0.3, 0.4) is 0 Å². The number of primary amides is 1. The number of carbonyl (C=O) groups is 4. The molecule has 2 atom stereocenters. The van der Waals surface area contributed by atoms with Crippen molar-refractivity contribution in [1.82, 2.24) is 15.3 Å². The summed E-state index contributed by atoms with van der Waals surface area (Å²) in [6, 6.07) is 71.7. The van der Waals surface area contributed by atoms with E-state index in [-0.39, 0.29) is 29.6 Å². The van der Waals surface area contributed by atoms with Crippen LogP contribution >= 0.6 is 0 Å². The van der Waals surface area contributed by atoms with Crippen molar-refractivity contribution in [2.75, 3.05) is 24.8 Å². The number of para-hydroxylation sites is 4. The fourth-order valence-corrected chi connectivity index (χ4v) is 8.74. The summed E-state index contributed by atoms with van der Waals surface area (Å²) >= 11 is 0. The standard InChI is InChI=1S/C23H19NO.C15H12O.C12H16N2O.C8H7N.C7H8N2O.C5H12O/c25-23(18-11-5-2-6-12-18)15-20(17-9-3-1-4-10-17)21-16-24-22-14-8-7-13-19(21)22;16-15(14-9-5-2-6-10-14)12-11-13-7-3-1-4-8-13;1-8(2)7-11-13-10-6-4-3-5-9(10)12(15)14-11;1-2-4-8-7(3-1)5-6-9-8;8-6-4-2-1-3-5(6)7(9)10;1-5(2)4-6-3/h1-14,16,20,24H,15H2;1-12H;3-6,8,11,13H,7H2,1-2H3,(H,14,15);1-6,9H;1-4H,8H2,(H2,9,10);5H,4H2,1-3H3/b;12-11+;;;;. The number of nitrogens with two attached hydrogens (primary N) is 2. The van der Waals surface area contributed by atoms with E-state index in [1.807, 2.05) is 176 Å². The third-order valence-electron chi connectivity index (χ3n) is 12.7. The number of Topliss-reactive ketones (excluding diaryl/α,β-unsaturated/α-hetero) is 1. The molecule has 8 aromatic carbocycles. The molecule has 1 aliphatic heterocycles. The van der Waals surface area contributed by atoms with Gasteiger partial charge in [-0.15, -0.1) is 0 Å². The van der Waals surface area contributed by atoms with Crippen molar-refractivity contribution in [2.45, 2.75) is 52.6 Å². The van der Waals surface area contributed by atoms with Gasteiger partial charge in [0.25, 0.3) is 11.8 Å². The van der Waals surface area contributed by atoms with Gasteiger partial charge in [-0.25, -0.2) is 0 Å². The van der Waals surface area contributed by atoms with E-state index in [2.05, 4.69) is 90.8 Å². The number of ketones is 2. The molecule has 0 saturated heterocycles. The maximum absolute atomic E-state index is 12.8. The van der Waals surface area contributed by atoms with Crippen LogP contribution in [0.1, 0.15) is 105 Å². The normalized spacial score (nSPS) is 12.4. The highest BCUT2D eigenvalue weighted by Crippen LogP contribution is 2.34. The second-order valence-electron chi connectivity index (χ2n) is 19.9. The summed E-state index contributed by atoms with van der Waals surface area (Å²) in [5, 5.41) is 8.73. The smallest absolute Gasteiger partial charge is 0.254 e. The lowest BCUT2D eigenvalue weighted by Gasteiger charge is -2.28. The number of benzene rings is 8. The number of nitrogen functional groups attached to an aromatic ring is 1. The lowest BCUT2D eigenvalue weighted by molar-refractivity contribution is 0.0929. The zero-order valence-electron chi connectivity index (χ0n) is 46.8. The van der Waals surface area contributed by atoms with E-state index < -0.39 is 5.91 Å². The van der Waals surface area contributed by atoms with Crippen LogP contribution in [0.2, 0.25) is 0 Å². The lowest BCUT2D eigenvalue weighted by Crippen LogP contribution is -2.45. The Balaban J connectivity index is 0.000000166. The molecule has 1 aliphatic rings. The Morgan fingerprint density at radius 2 is 1.16 bits per heavy atom. The van der Waals surface area contributed by atoms with E-state index in [9.17, 15) is 19.2 Å². The first kappa shape index (κ1) is 60.6. The lowest BCUT2D eigenvalue weighted by atomic mass is 9.85. The molecule has 10 aromatic rings. The molecule has 11 heteroatoms. The van der Waals surface area contributed by atoms with Crippen LogP contribution in [0.4, 0.5) is 11.4 Å². The molecule has 0 aliphatic carbocycles. The predicted molar refractivity (Wildman–Crippen MR) is 333 cm³/mol. The van der Waals surface area contributed by atoms with Crippen molar-refractivity contribution in [3.63, 3.8) is 0 Å². The van der Waals surface area contributed by atoms with Crippen LogP contribution in [0.25, 0.3) is 27.9 Å². The highest BCUT2D eigenvalue weighted by Gasteiger charge is 2.24. The first-order chi connectivity index (χ1) is 39.3. The Kier molecular flexibility index (Phi) is 24.2. The van der Waals surface area contributed by atoms with Crippen molar-refractivity contribution >= 4 is 62.6 Å². The summed E-state index contributed by atoms with van der Waals surface area (Å²) in [6.45, 7) is 9.43. The van der Waals surface area contributed by atoms with E-state index in [0.29, 0.717) is 29.5 Å². The summed E-state index contributed by atoms with van der Waals surface area (Å²) in [6.07, 6.45) is 8.88. The molecule has 2 aromatic heterocycles. The molecule has 11 nitrogen and oxygen atoms in total. The molecule has 0 spiro atoms. The van der Waals surface area contributed by atoms with Gasteiger partial charge in [-0.1, -0.05) is 216 Å². The summed E-state index contributed by atoms with van der Waals surface area (Å²) < 4.78 is 4.80. The number of carbonyl (C=O) groups excluding carboxylic acids is 4. The SMILES string of the molecule is CC(C)CC1NC(=O)c2ccccc2N1.COCC(C)C.NC(=O)c1ccccc1N.O=C(/C=C/c1ccccc1)c1ccccc1.O=C(CC(c1ccccc1)c1c[nH]c2ccccc12)c1ccccc1.c1ccc2[nH]ccc2c1. The average molecular weight is 1080 g/mol. The molecule has 81 heavy (non-hydrogen) atoms. The van der Waals surface area contributed by atoms with Crippen molar-refractivity contribution in [3.05, 3.63) is 282 Å². The highest BCUT2D eigenvalue weighted by atomic mass is 16.5. The Labute approximate surface area is 476 Å². The molecule has 0 saturated carbocycles. The maximum Gasteiger partial charge on any atom is 0.254 e. The van der Waals surface area contributed by atoms with Gasteiger partial charge in [0.05, 0.1) is 17.3 Å². The Hall–Kier alpha value is -9.58. The molecule has 414 valence electrons. The summed E-state index contributed by atoms with van der Waals surface area (Å²) in [4.78, 5) is 53.3. The average Bonchev–Trinajstić information content (AvgIpc) is 4.16. The van der Waals surface area contributed by atoms with Crippen LogP contribution in [0, 0.1) is 11.8 Å². The zero-order valence-corrected chi connectivity index (χ0v) is 46.8. The summed E-state index contributed by atoms with van der Waals surface area (Å²) in [5.74, 6) is 1.01. The molecule has 8 N–H and O–H groups in total. The molecular formula is C70H74N6O5. The van der Waals surface area contributed by atoms with Gasteiger partial charge >= 0.3 is 0 Å². The third kappa shape index (κ3) is 19.7. The van der Waals surface area contributed by atoms with Gasteiger partial charge in [-0.05, 0) is 88.9 Å². The number of H-pyrrole nitrogens is 2.